The van der Waals surface area contributed by atoms with Gasteiger partial charge in [0, 0.05) is 20.3 Å². The van der Waals surface area contributed by atoms with Gasteiger partial charge in [0.25, 0.3) is 5.56 Å². The lowest BCUT2D eigenvalue weighted by Crippen LogP contribution is -2.38. The van der Waals surface area contributed by atoms with E-state index in [0.717, 1.165) is 35.0 Å². The van der Waals surface area contributed by atoms with E-state index in [2.05, 4.69) is 18.8 Å². The van der Waals surface area contributed by atoms with E-state index in [-0.39, 0.29) is 11.2 Å². The molecule has 0 amide bonds. The van der Waals surface area contributed by atoms with Crippen LogP contribution in [0.3, 0.4) is 0 Å². The van der Waals surface area contributed by atoms with Gasteiger partial charge in [0.2, 0.25) is 0 Å². The van der Waals surface area contributed by atoms with Crippen molar-refractivity contribution < 1.29 is 0 Å². The summed E-state index contributed by atoms with van der Waals surface area (Å²) in [5, 5.41) is 0.589. The SMILES string of the molecule is CCCc1c(CC)cnc2c1c(=O)n(C)c(=O)n2C. The van der Waals surface area contributed by atoms with E-state index in [9.17, 15) is 9.59 Å². The summed E-state index contributed by atoms with van der Waals surface area (Å²) in [6.07, 6.45) is 4.41. The molecule has 2 aromatic heterocycles. The first kappa shape index (κ1) is 13.5. The Morgan fingerprint density at radius 3 is 2.42 bits per heavy atom. The smallest absolute Gasteiger partial charge is 0.280 e. The maximum Gasteiger partial charge on any atom is 0.332 e. The van der Waals surface area contributed by atoms with Crippen molar-refractivity contribution >= 4 is 11.0 Å². The predicted octanol–water partition coefficient (Wildman–Crippen LogP) is 1.15. The molecular formula is C14H19N3O2. The number of nitrogens with zero attached hydrogens (tertiary/aromatic N) is 3. The highest BCUT2D eigenvalue weighted by Gasteiger charge is 2.15. The zero-order valence-corrected chi connectivity index (χ0v) is 11.9. The van der Waals surface area contributed by atoms with E-state index in [1.54, 1.807) is 13.2 Å². The molecule has 102 valence electrons. The van der Waals surface area contributed by atoms with Crippen LogP contribution in [-0.2, 0) is 26.9 Å². The first-order valence-corrected chi connectivity index (χ1v) is 6.59. The van der Waals surface area contributed by atoms with Crippen molar-refractivity contribution in [1.82, 2.24) is 14.1 Å². The maximum atomic E-state index is 12.4. The number of pyridine rings is 1. The molecule has 2 heterocycles. The minimum Gasteiger partial charge on any atom is -0.280 e. The number of hydrogen-bond acceptors (Lipinski definition) is 3. The second-order valence-corrected chi connectivity index (χ2v) is 4.77. The normalized spacial score (nSPS) is 11.2. The third kappa shape index (κ3) is 1.99. The molecule has 0 N–H and O–H groups in total. The number of aromatic nitrogens is 3. The number of aryl methyl sites for hydroxylation is 3. The number of hydrogen-bond donors (Lipinski definition) is 0. The van der Waals surface area contributed by atoms with Crippen molar-refractivity contribution in [1.29, 1.82) is 0 Å². The molecule has 0 spiro atoms. The van der Waals surface area contributed by atoms with E-state index in [0.29, 0.717) is 11.0 Å². The summed E-state index contributed by atoms with van der Waals surface area (Å²) in [5.74, 6) is 0. The minimum absolute atomic E-state index is 0.246. The Bertz CT molecular complexity index is 741. The van der Waals surface area contributed by atoms with Crippen LogP contribution in [0.15, 0.2) is 15.8 Å². The van der Waals surface area contributed by atoms with Gasteiger partial charge in [0.15, 0.2) is 0 Å². The Morgan fingerprint density at radius 2 is 1.84 bits per heavy atom. The summed E-state index contributed by atoms with van der Waals surface area (Å²) < 4.78 is 2.60. The summed E-state index contributed by atoms with van der Waals surface area (Å²) in [4.78, 5) is 28.6. The lowest BCUT2D eigenvalue weighted by atomic mass is 10.00. The average Bonchev–Trinajstić information content (AvgIpc) is 2.42. The molecule has 5 nitrogen and oxygen atoms in total. The van der Waals surface area contributed by atoms with Gasteiger partial charge in [0.1, 0.15) is 5.65 Å². The Balaban J connectivity index is 3.04. The molecule has 0 radical (unpaired) electrons. The fraction of sp³-hybridized carbons (Fsp3) is 0.500. The Morgan fingerprint density at radius 1 is 1.16 bits per heavy atom. The van der Waals surface area contributed by atoms with Crippen molar-refractivity contribution in [2.75, 3.05) is 0 Å². The molecule has 0 atom stereocenters. The number of rotatable bonds is 3. The molecule has 0 unspecified atom stereocenters. The van der Waals surface area contributed by atoms with Gasteiger partial charge < -0.3 is 0 Å². The van der Waals surface area contributed by atoms with Crippen molar-refractivity contribution in [3.8, 4) is 0 Å². The number of fused-ring (bicyclic) bond motifs is 1. The molecule has 0 aromatic carbocycles. The zero-order valence-electron chi connectivity index (χ0n) is 11.9. The molecule has 0 saturated heterocycles. The first-order valence-electron chi connectivity index (χ1n) is 6.59. The van der Waals surface area contributed by atoms with Crippen LogP contribution in [0.25, 0.3) is 11.0 Å². The van der Waals surface area contributed by atoms with E-state index in [1.165, 1.54) is 11.6 Å². The fourth-order valence-corrected chi connectivity index (χ4v) is 2.47. The van der Waals surface area contributed by atoms with E-state index >= 15 is 0 Å². The largest absolute Gasteiger partial charge is 0.332 e. The van der Waals surface area contributed by atoms with Gasteiger partial charge in [-0.1, -0.05) is 20.3 Å². The Hall–Kier alpha value is -1.91. The fourth-order valence-electron chi connectivity index (χ4n) is 2.47. The van der Waals surface area contributed by atoms with E-state index in [4.69, 9.17) is 0 Å². The molecule has 0 aliphatic heterocycles. The molecule has 0 saturated carbocycles. The first-order chi connectivity index (χ1) is 9.02. The second-order valence-electron chi connectivity index (χ2n) is 4.77. The molecule has 0 fully saturated rings. The Kier molecular flexibility index (Phi) is 3.55. The minimum atomic E-state index is -0.336. The molecule has 0 bridgehead atoms. The molecule has 2 aromatic rings. The summed E-state index contributed by atoms with van der Waals surface area (Å²) in [5.41, 5.74) is 2.02. The van der Waals surface area contributed by atoms with Gasteiger partial charge >= 0.3 is 5.69 Å². The molecule has 5 heteroatoms. The van der Waals surface area contributed by atoms with Gasteiger partial charge in [-0.25, -0.2) is 9.78 Å². The molecule has 0 aliphatic carbocycles. The maximum absolute atomic E-state index is 12.4. The third-order valence-corrected chi connectivity index (χ3v) is 3.55. The molecule has 2 rings (SSSR count). The van der Waals surface area contributed by atoms with Crippen LogP contribution in [0.2, 0.25) is 0 Å². The van der Waals surface area contributed by atoms with Crippen LogP contribution in [0, 0.1) is 0 Å². The van der Waals surface area contributed by atoms with Gasteiger partial charge in [-0.2, -0.15) is 0 Å². The lowest BCUT2D eigenvalue weighted by molar-refractivity contribution is 0.704. The van der Waals surface area contributed by atoms with Crippen LogP contribution in [-0.4, -0.2) is 14.1 Å². The monoisotopic (exact) mass is 261 g/mol. The summed E-state index contributed by atoms with van der Waals surface area (Å²) in [7, 11) is 3.16. The highest BCUT2D eigenvalue weighted by Crippen LogP contribution is 2.18. The summed E-state index contributed by atoms with van der Waals surface area (Å²) in [6, 6.07) is 0. The molecular weight excluding hydrogens is 242 g/mol. The van der Waals surface area contributed by atoms with Gasteiger partial charge in [-0.15, -0.1) is 0 Å². The lowest BCUT2D eigenvalue weighted by Gasteiger charge is -2.13. The quantitative estimate of drug-likeness (QED) is 0.832. The zero-order chi connectivity index (χ0) is 14.2. The topological polar surface area (TPSA) is 56.9 Å². The summed E-state index contributed by atoms with van der Waals surface area (Å²) >= 11 is 0. The average molecular weight is 261 g/mol. The van der Waals surface area contributed by atoms with E-state index in [1.807, 2.05) is 0 Å². The van der Waals surface area contributed by atoms with Gasteiger partial charge in [-0.05, 0) is 24.0 Å². The van der Waals surface area contributed by atoms with Crippen LogP contribution >= 0.6 is 0 Å². The van der Waals surface area contributed by atoms with Crippen molar-refractivity contribution in [3.63, 3.8) is 0 Å². The van der Waals surface area contributed by atoms with Crippen LogP contribution < -0.4 is 11.2 Å². The molecule has 19 heavy (non-hydrogen) atoms. The van der Waals surface area contributed by atoms with Gasteiger partial charge in [-0.3, -0.25) is 13.9 Å². The highest BCUT2D eigenvalue weighted by atomic mass is 16.2. The predicted molar refractivity (Wildman–Crippen MR) is 75.6 cm³/mol. The molecule has 0 aliphatic rings. The van der Waals surface area contributed by atoms with Gasteiger partial charge in [0.05, 0.1) is 5.39 Å². The standard InChI is InChI=1S/C14H19N3O2/c1-5-7-10-9(6-2)8-15-12-11(10)13(18)17(4)14(19)16(12)3/h8H,5-7H2,1-4H3. The van der Waals surface area contributed by atoms with Crippen molar-refractivity contribution in [2.24, 2.45) is 14.1 Å². The second kappa shape index (κ2) is 4.99. The van der Waals surface area contributed by atoms with E-state index < -0.39 is 0 Å². The third-order valence-electron chi connectivity index (χ3n) is 3.55. The highest BCUT2D eigenvalue weighted by molar-refractivity contribution is 5.79. The van der Waals surface area contributed by atoms with Crippen molar-refractivity contribution in [2.45, 2.75) is 33.1 Å². The van der Waals surface area contributed by atoms with Crippen molar-refractivity contribution in [3.05, 3.63) is 38.2 Å². The summed E-state index contributed by atoms with van der Waals surface area (Å²) in [6.45, 7) is 4.13. The Labute approximate surface area is 111 Å². The van der Waals surface area contributed by atoms with Crippen LogP contribution in [0.4, 0.5) is 0 Å². The van der Waals surface area contributed by atoms with Crippen LogP contribution in [0.5, 0.6) is 0 Å². The van der Waals surface area contributed by atoms with Crippen LogP contribution in [0.1, 0.15) is 31.4 Å².